The third-order valence-electron chi connectivity index (χ3n) is 9.60. The Labute approximate surface area is 261 Å². The summed E-state index contributed by atoms with van der Waals surface area (Å²) < 4.78 is 17.9. The highest BCUT2D eigenvalue weighted by molar-refractivity contribution is 5.90. The summed E-state index contributed by atoms with van der Waals surface area (Å²) in [5.74, 6) is -1.83. The molecule has 2 aliphatic carbocycles. The number of nitrogens with zero attached hydrogens (tertiary/aromatic N) is 1. The monoisotopic (exact) mass is 620 g/mol. The number of ether oxygens (including phenoxy) is 3. The normalized spacial score (nSPS) is 27.8. The number of piperidine rings is 1. The topological polar surface area (TPSA) is 155 Å². The van der Waals surface area contributed by atoms with Gasteiger partial charge in [0.25, 0.3) is 5.91 Å². The van der Waals surface area contributed by atoms with Gasteiger partial charge in [0.1, 0.15) is 23.2 Å². The highest BCUT2D eigenvalue weighted by atomic mass is 16.6. The molecule has 6 rings (SSSR count). The number of amides is 1. The maximum Gasteiger partial charge on any atom is 0.329 e. The molecule has 4 N–H and O–H groups in total. The van der Waals surface area contributed by atoms with Gasteiger partial charge >= 0.3 is 11.9 Å². The summed E-state index contributed by atoms with van der Waals surface area (Å²) in [6.07, 6.45) is 0.0498. The van der Waals surface area contributed by atoms with Crippen LogP contribution in [0.3, 0.4) is 0 Å². The molecule has 2 bridgehead atoms. The predicted molar refractivity (Wildman–Crippen MR) is 161 cm³/mol. The maximum absolute atomic E-state index is 13.5. The van der Waals surface area contributed by atoms with Gasteiger partial charge in [0.05, 0.1) is 24.0 Å². The number of aliphatic hydroxyl groups excluding tert-OH is 2. The molecular formula is C34H40N2O9. The fraction of sp³-hybridized carbons (Fsp3) is 0.500. The zero-order valence-electron chi connectivity index (χ0n) is 25.9. The Morgan fingerprint density at radius 2 is 1.89 bits per heavy atom. The van der Waals surface area contributed by atoms with Crippen molar-refractivity contribution in [3.63, 3.8) is 0 Å². The molecule has 6 atom stereocenters. The Bertz CT molecular complexity index is 1550. The van der Waals surface area contributed by atoms with Gasteiger partial charge in [0, 0.05) is 23.6 Å². The van der Waals surface area contributed by atoms with E-state index in [1.807, 2.05) is 19.2 Å². The Balaban J connectivity index is 1.27. The SMILES string of the molecule is CN1CCC23c4c5ccc(CO)c4OC2C(OC(=O)C[C@H](NC(=O)[C@@H](O)c2ccccc2)C(=O)OC(C)(C)C)=CC[C@@]3(O)[C@H]1C5. The number of nitrogens with one attached hydrogen (secondary N) is 1. The van der Waals surface area contributed by atoms with Crippen LogP contribution in [0.2, 0.25) is 0 Å². The molecule has 45 heavy (non-hydrogen) atoms. The Hall–Kier alpha value is -3.77. The smallest absolute Gasteiger partial charge is 0.329 e. The minimum Gasteiger partial charge on any atom is -0.481 e. The molecule has 1 amide bonds. The molecule has 1 fully saturated rings. The van der Waals surface area contributed by atoms with Gasteiger partial charge in [-0.25, -0.2) is 4.79 Å². The summed E-state index contributed by atoms with van der Waals surface area (Å²) in [5, 5.41) is 35.6. The van der Waals surface area contributed by atoms with Crippen molar-refractivity contribution in [3.8, 4) is 5.75 Å². The van der Waals surface area contributed by atoms with E-state index in [0.29, 0.717) is 36.3 Å². The fourth-order valence-electron chi connectivity index (χ4n) is 7.57. The number of carbonyl (C=O) groups excluding carboxylic acids is 3. The van der Waals surface area contributed by atoms with Crippen molar-refractivity contribution in [2.45, 2.75) is 94.0 Å². The van der Waals surface area contributed by atoms with Crippen molar-refractivity contribution in [2.75, 3.05) is 13.6 Å². The van der Waals surface area contributed by atoms with Crippen LogP contribution < -0.4 is 10.1 Å². The van der Waals surface area contributed by atoms with Crippen LogP contribution in [0.15, 0.2) is 54.3 Å². The predicted octanol–water partition coefficient (Wildman–Crippen LogP) is 1.95. The van der Waals surface area contributed by atoms with E-state index in [1.54, 1.807) is 57.2 Å². The van der Waals surface area contributed by atoms with Crippen molar-refractivity contribution >= 4 is 17.8 Å². The molecule has 2 heterocycles. The average Bonchev–Trinajstić information content (AvgIpc) is 3.35. The van der Waals surface area contributed by atoms with E-state index in [-0.39, 0.29) is 24.8 Å². The molecule has 240 valence electrons. The van der Waals surface area contributed by atoms with E-state index in [1.165, 1.54) is 0 Å². The number of carbonyl (C=O) groups is 3. The van der Waals surface area contributed by atoms with Gasteiger partial charge in [-0.3, -0.25) is 9.59 Å². The highest BCUT2D eigenvalue weighted by Gasteiger charge is 2.71. The molecule has 1 saturated heterocycles. The summed E-state index contributed by atoms with van der Waals surface area (Å²) in [6.45, 7) is 5.43. The summed E-state index contributed by atoms with van der Waals surface area (Å²) in [4.78, 5) is 41.8. The number of likely N-dealkylation sites (N-methyl/N-ethyl adjacent to an activating group) is 1. The second-order valence-corrected chi connectivity index (χ2v) is 13.5. The number of hydrogen-bond donors (Lipinski definition) is 4. The molecule has 2 aromatic rings. The summed E-state index contributed by atoms with van der Waals surface area (Å²) in [7, 11) is 1.99. The standard InChI is InChI=1S/C34H40N2O9/c1-32(2,3)45-31(41)22(35-30(40)27(39)19-8-6-5-7-9-19)17-25(38)43-23-12-13-34(42)24-16-20-10-11-21(18-37)28-26(20)33(34,29(23)44-28)14-15-36(24)4/h5-12,22,24,27,29,37,39,42H,13-18H2,1-4H3,(H,35,40)/t22-,24+,27-,29?,33?,34+/m0/s1. The van der Waals surface area contributed by atoms with E-state index in [9.17, 15) is 29.7 Å². The average molecular weight is 621 g/mol. The van der Waals surface area contributed by atoms with Crippen LogP contribution in [0.5, 0.6) is 5.75 Å². The van der Waals surface area contributed by atoms with Crippen molar-refractivity contribution in [2.24, 2.45) is 0 Å². The summed E-state index contributed by atoms with van der Waals surface area (Å²) in [5.41, 5.74) is -0.205. The van der Waals surface area contributed by atoms with Crippen LogP contribution in [0, 0.1) is 0 Å². The van der Waals surface area contributed by atoms with Crippen LogP contribution in [-0.2, 0) is 42.3 Å². The molecule has 11 heteroatoms. The Morgan fingerprint density at radius 3 is 2.58 bits per heavy atom. The summed E-state index contributed by atoms with van der Waals surface area (Å²) >= 11 is 0. The Morgan fingerprint density at radius 1 is 1.16 bits per heavy atom. The lowest BCUT2D eigenvalue weighted by molar-refractivity contribution is -0.170. The van der Waals surface area contributed by atoms with Gasteiger partial charge in [-0.05, 0) is 64.4 Å². The quantitative estimate of drug-likeness (QED) is 0.322. The number of aliphatic hydroxyl groups is 3. The van der Waals surface area contributed by atoms with Crippen LogP contribution >= 0.6 is 0 Å². The lowest BCUT2D eigenvalue weighted by atomic mass is 9.50. The molecule has 4 aliphatic rings. The molecule has 11 nitrogen and oxygen atoms in total. The third kappa shape index (κ3) is 5.11. The van der Waals surface area contributed by atoms with E-state index >= 15 is 0 Å². The van der Waals surface area contributed by atoms with Crippen LogP contribution in [0.4, 0.5) is 0 Å². The minimum atomic E-state index is -1.58. The summed E-state index contributed by atoms with van der Waals surface area (Å²) in [6, 6.07) is 10.4. The first-order chi connectivity index (χ1) is 21.3. The van der Waals surface area contributed by atoms with Crippen LogP contribution in [0.25, 0.3) is 0 Å². The number of esters is 2. The highest BCUT2D eigenvalue weighted by Crippen LogP contribution is 2.64. The number of rotatable bonds is 8. The molecule has 2 unspecified atom stereocenters. The first-order valence-electron chi connectivity index (χ1n) is 15.3. The lowest BCUT2D eigenvalue weighted by Gasteiger charge is -2.61. The van der Waals surface area contributed by atoms with Crippen molar-refractivity contribution in [1.29, 1.82) is 0 Å². The zero-order valence-corrected chi connectivity index (χ0v) is 25.9. The molecule has 1 spiro atoms. The van der Waals surface area contributed by atoms with E-state index in [0.717, 1.165) is 11.1 Å². The number of benzene rings is 2. The van der Waals surface area contributed by atoms with Gasteiger partial charge in [-0.1, -0.05) is 42.5 Å². The van der Waals surface area contributed by atoms with Gasteiger partial charge in [-0.2, -0.15) is 0 Å². The molecule has 2 aliphatic heterocycles. The van der Waals surface area contributed by atoms with Crippen molar-refractivity contribution in [1.82, 2.24) is 10.2 Å². The molecule has 0 saturated carbocycles. The first kappa shape index (κ1) is 31.2. The van der Waals surface area contributed by atoms with E-state index in [2.05, 4.69) is 10.2 Å². The third-order valence-corrected chi connectivity index (χ3v) is 9.60. The second-order valence-electron chi connectivity index (χ2n) is 13.5. The minimum absolute atomic E-state index is 0.188. The zero-order chi connectivity index (χ0) is 32.3. The maximum atomic E-state index is 13.5. The largest absolute Gasteiger partial charge is 0.481 e. The van der Waals surface area contributed by atoms with Gasteiger partial charge in [-0.15, -0.1) is 0 Å². The lowest BCUT2D eigenvalue weighted by Crippen LogP contribution is -2.74. The molecule has 2 aromatic carbocycles. The van der Waals surface area contributed by atoms with Gasteiger partial charge in [0.15, 0.2) is 12.2 Å². The second kappa shape index (κ2) is 11.2. The van der Waals surface area contributed by atoms with Crippen LogP contribution in [0.1, 0.15) is 68.4 Å². The van der Waals surface area contributed by atoms with Gasteiger partial charge in [0.2, 0.25) is 0 Å². The molecular weight excluding hydrogens is 580 g/mol. The van der Waals surface area contributed by atoms with Crippen LogP contribution in [-0.4, -0.2) is 81.0 Å². The first-order valence-corrected chi connectivity index (χ1v) is 15.3. The number of hydrogen-bond acceptors (Lipinski definition) is 10. The molecule has 0 aromatic heterocycles. The fourth-order valence-corrected chi connectivity index (χ4v) is 7.57. The number of likely N-dealkylation sites (tertiary alicyclic amines) is 1. The Kier molecular flexibility index (Phi) is 7.80. The van der Waals surface area contributed by atoms with E-state index in [4.69, 9.17) is 14.2 Å². The van der Waals surface area contributed by atoms with Crippen molar-refractivity contribution in [3.05, 3.63) is 76.6 Å². The van der Waals surface area contributed by atoms with Crippen molar-refractivity contribution < 1.29 is 43.9 Å². The van der Waals surface area contributed by atoms with E-state index < -0.39 is 59.1 Å². The van der Waals surface area contributed by atoms with Gasteiger partial charge < -0.3 is 39.7 Å². The molecule has 0 radical (unpaired) electrons.